The lowest BCUT2D eigenvalue weighted by Crippen LogP contribution is -2.45. The normalized spacial score (nSPS) is 31.4. The molecule has 0 spiro atoms. The van der Waals surface area contributed by atoms with E-state index in [1.165, 1.54) is 12.7 Å². The summed E-state index contributed by atoms with van der Waals surface area (Å²) in [6.45, 7) is 3.70. The minimum Gasteiger partial charge on any atom is -0.363 e. The van der Waals surface area contributed by atoms with Crippen LogP contribution in [0.1, 0.15) is 25.0 Å². The van der Waals surface area contributed by atoms with Gasteiger partial charge in [0.1, 0.15) is 16.9 Å². The Morgan fingerprint density at radius 2 is 2.20 bits per heavy atom. The lowest BCUT2D eigenvalue weighted by molar-refractivity contribution is 0.245. The third-order valence-corrected chi connectivity index (χ3v) is 6.17. The van der Waals surface area contributed by atoms with Crippen molar-refractivity contribution in [3.8, 4) is 0 Å². The molecule has 1 saturated carbocycles. The van der Waals surface area contributed by atoms with E-state index in [2.05, 4.69) is 21.8 Å². The molecule has 112 valence electrons. The Balaban J connectivity index is 1.79. The molecular weight excluding hydrogens is 278 g/mol. The van der Waals surface area contributed by atoms with Crippen molar-refractivity contribution in [3.05, 3.63) is 12.0 Å². The highest BCUT2D eigenvalue weighted by Gasteiger charge is 2.40. The first-order valence-corrected chi connectivity index (χ1v) is 8.57. The van der Waals surface area contributed by atoms with E-state index in [1.807, 2.05) is 0 Å². The summed E-state index contributed by atoms with van der Waals surface area (Å²) in [7, 11) is -1.42. The molecule has 1 aromatic heterocycles. The summed E-state index contributed by atoms with van der Waals surface area (Å²) in [5.41, 5.74) is 0.411. The minimum absolute atomic E-state index is 0.0259. The van der Waals surface area contributed by atoms with E-state index in [1.54, 1.807) is 6.92 Å². The molecule has 20 heavy (non-hydrogen) atoms. The zero-order chi connectivity index (χ0) is 14.3. The van der Waals surface area contributed by atoms with Crippen LogP contribution in [0.25, 0.3) is 0 Å². The van der Waals surface area contributed by atoms with Crippen LogP contribution in [0.3, 0.4) is 0 Å². The summed E-state index contributed by atoms with van der Waals surface area (Å²) in [6, 6.07) is 0.0259. The molecule has 0 aromatic carbocycles. The van der Waals surface area contributed by atoms with Gasteiger partial charge in [0.25, 0.3) is 0 Å². The molecule has 0 bridgehead atoms. The average molecular weight is 299 g/mol. The first-order chi connectivity index (χ1) is 9.47. The molecule has 3 unspecified atom stereocenters. The monoisotopic (exact) mass is 299 g/mol. The van der Waals surface area contributed by atoms with Gasteiger partial charge in [-0.1, -0.05) is 11.6 Å². The first-order valence-electron chi connectivity index (χ1n) is 7.09. The molecule has 1 aliphatic heterocycles. The third kappa shape index (κ3) is 2.49. The number of nitrogens with one attached hydrogen (secondary N) is 1. The Kier molecular flexibility index (Phi) is 3.60. The van der Waals surface area contributed by atoms with Crippen LogP contribution in [-0.2, 0) is 10.0 Å². The molecule has 3 rings (SSSR count). The summed E-state index contributed by atoms with van der Waals surface area (Å²) in [4.78, 5) is 2.46. The molecule has 6 nitrogen and oxygen atoms in total. The molecule has 0 radical (unpaired) electrons. The van der Waals surface area contributed by atoms with E-state index in [4.69, 9.17) is 4.52 Å². The summed E-state index contributed by atoms with van der Waals surface area (Å²) in [5.74, 6) is 1.04. The number of hydrogen-bond donors (Lipinski definition) is 1. The third-order valence-electron chi connectivity index (χ3n) is 4.58. The Labute approximate surface area is 119 Å². The van der Waals surface area contributed by atoms with Crippen molar-refractivity contribution in [3.63, 3.8) is 0 Å². The topological polar surface area (TPSA) is 75.4 Å². The van der Waals surface area contributed by atoms with Crippen LogP contribution in [-0.4, -0.2) is 44.7 Å². The Bertz CT molecular complexity index is 583. The van der Waals surface area contributed by atoms with Gasteiger partial charge in [0.15, 0.2) is 0 Å². The molecular formula is C13H21N3O3S. The zero-order valence-electron chi connectivity index (χ0n) is 11.9. The van der Waals surface area contributed by atoms with E-state index in [-0.39, 0.29) is 10.9 Å². The molecule has 1 aromatic rings. The second-order valence-corrected chi connectivity index (χ2v) is 7.75. The lowest BCUT2D eigenvalue weighted by atomic mass is 9.78. The van der Waals surface area contributed by atoms with E-state index in [9.17, 15) is 8.42 Å². The van der Waals surface area contributed by atoms with Gasteiger partial charge in [-0.25, -0.2) is 13.1 Å². The van der Waals surface area contributed by atoms with E-state index < -0.39 is 10.0 Å². The second-order valence-electron chi connectivity index (χ2n) is 6.07. The largest absolute Gasteiger partial charge is 0.363 e. The van der Waals surface area contributed by atoms with Gasteiger partial charge in [-0.3, -0.25) is 0 Å². The summed E-state index contributed by atoms with van der Waals surface area (Å²) in [6.07, 6.45) is 4.42. The molecule has 3 atom stereocenters. The predicted molar refractivity (Wildman–Crippen MR) is 73.7 cm³/mol. The van der Waals surface area contributed by atoms with Gasteiger partial charge in [-0.15, -0.1) is 0 Å². The molecule has 2 aliphatic rings. The van der Waals surface area contributed by atoms with Crippen LogP contribution in [0.5, 0.6) is 0 Å². The number of aryl methyl sites for hydroxylation is 1. The first kappa shape index (κ1) is 14.0. The van der Waals surface area contributed by atoms with Gasteiger partial charge in [0, 0.05) is 19.1 Å². The molecule has 1 N–H and O–H groups in total. The van der Waals surface area contributed by atoms with Crippen LogP contribution >= 0.6 is 0 Å². The Morgan fingerprint density at radius 3 is 2.90 bits per heavy atom. The smallest absolute Gasteiger partial charge is 0.245 e. The number of hydrogen-bond acceptors (Lipinski definition) is 5. The Hall–Kier alpha value is -0.920. The molecule has 0 amide bonds. The number of fused-ring (bicyclic) bond motifs is 1. The minimum atomic E-state index is -3.53. The van der Waals surface area contributed by atoms with Gasteiger partial charge in [0.2, 0.25) is 10.0 Å². The fourth-order valence-corrected chi connectivity index (χ4v) is 5.06. The number of nitrogens with zero attached hydrogens (tertiary/aromatic N) is 2. The molecule has 2 heterocycles. The van der Waals surface area contributed by atoms with Crippen LogP contribution < -0.4 is 4.72 Å². The molecule has 2 fully saturated rings. The van der Waals surface area contributed by atoms with Crippen molar-refractivity contribution in [2.45, 2.75) is 37.1 Å². The maximum absolute atomic E-state index is 12.4. The van der Waals surface area contributed by atoms with Crippen molar-refractivity contribution in [2.75, 3.05) is 20.1 Å². The standard InChI is InChI=1S/C13H21N3O3S/c1-9-13(8-19-14-9)20(17,18)15-12-5-3-4-10-6-16(2)7-11(10)12/h8,10-12,15H,3-7H2,1-2H3. The van der Waals surface area contributed by atoms with Crippen molar-refractivity contribution in [1.82, 2.24) is 14.8 Å². The van der Waals surface area contributed by atoms with Gasteiger partial charge in [-0.2, -0.15) is 0 Å². The van der Waals surface area contributed by atoms with Crippen molar-refractivity contribution in [2.24, 2.45) is 11.8 Å². The van der Waals surface area contributed by atoms with E-state index in [0.717, 1.165) is 25.9 Å². The van der Waals surface area contributed by atoms with Gasteiger partial charge >= 0.3 is 0 Å². The molecule has 1 aliphatic carbocycles. The number of sulfonamides is 1. The maximum atomic E-state index is 12.4. The summed E-state index contributed by atoms with van der Waals surface area (Å²) >= 11 is 0. The highest BCUT2D eigenvalue weighted by molar-refractivity contribution is 7.89. The van der Waals surface area contributed by atoms with Gasteiger partial charge in [-0.05, 0) is 38.6 Å². The van der Waals surface area contributed by atoms with Crippen molar-refractivity contribution >= 4 is 10.0 Å². The number of aromatic nitrogens is 1. The van der Waals surface area contributed by atoms with Crippen LogP contribution in [0.4, 0.5) is 0 Å². The maximum Gasteiger partial charge on any atom is 0.245 e. The van der Waals surface area contributed by atoms with Gasteiger partial charge in [0.05, 0.1) is 0 Å². The SMILES string of the molecule is Cc1nocc1S(=O)(=O)NC1CCCC2CN(C)CC21. The predicted octanol–water partition coefficient (Wildman–Crippen LogP) is 0.992. The van der Waals surface area contributed by atoms with E-state index in [0.29, 0.717) is 17.5 Å². The Morgan fingerprint density at radius 1 is 1.40 bits per heavy atom. The summed E-state index contributed by atoms with van der Waals surface area (Å²) in [5, 5.41) is 3.65. The van der Waals surface area contributed by atoms with E-state index >= 15 is 0 Å². The van der Waals surface area contributed by atoms with Crippen LogP contribution in [0, 0.1) is 18.8 Å². The molecule has 1 saturated heterocycles. The second kappa shape index (κ2) is 5.13. The highest BCUT2D eigenvalue weighted by atomic mass is 32.2. The number of rotatable bonds is 3. The zero-order valence-corrected chi connectivity index (χ0v) is 12.7. The van der Waals surface area contributed by atoms with Crippen molar-refractivity contribution in [1.29, 1.82) is 0 Å². The summed E-state index contributed by atoms with van der Waals surface area (Å²) < 4.78 is 32.5. The van der Waals surface area contributed by atoms with Gasteiger partial charge < -0.3 is 9.42 Å². The van der Waals surface area contributed by atoms with Crippen molar-refractivity contribution < 1.29 is 12.9 Å². The van der Waals surface area contributed by atoms with Crippen LogP contribution in [0.15, 0.2) is 15.7 Å². The lowest BCUT2D eigenvalue weighted by Gasteiger charge is -2.33. The fraction of sp³-hybridized carbons (Fsp3) is 0.769. The van der Waals surface area contributed by atoms with Crippen LogP contribution in [0.2, 0.25) is 0 Å². The average Bonchev–Trinajstić information content (AvgIpc) is 2.94. The highest BCUT2D eigenvalue weighted by Crippen LogP contribution is 2.36. The quantitative estimate of drug-likeness (QED) is 0.901. The fourth-order valence-electron chi connectivity index (χ4n) is 3.64. The molecule has 7 heteroatoms. The number of likely N-dealkylation sites (tertiary alicyclic amines) is 1.